The topological polar surface area (TPSA) is 88.4 Å². The Bertz CT molecular complexity index is 583. The first-order valence-corrected chi connectivity index (χ1v) is 6.60. The molecular weight excluding hydrogens is 244 g/mol. The lowest BCUT2D eigenvalue weighted by atomic mass is 9.91. The van der Waals surface area contributed by atoms with Gasteiger partial charge in [-0.3, -0.25) is 0 Å². The van der Waals surface area contributed by atoms with Crippen LogP contribution in [0.2, 0.25) is 0 Å². The largest absolute Gasteiger partial charge is 0.397 e. The Morgan fingerprint density at radius 1 is 1.26 bits per heavy atom. The van der Waals surface area contributed by atoms with Crippen LogP contribution in [-0.4, -0.2) is 34.6 Å². The van der Waals surface area contributed by atoms with Crippen molar-refractivity contribution in [3.05, 3.63) is 12.1 Å². The first-order valence-electron chi connectivity index (χ1n) is 6.60. The zero-order valence-corrected chi connectivity index (χ0v) is 10.9. The van der Waals surface area contributed by atoms with Crippen molar-refractivity contribution in [3.8, 4) is 0 Å². The van der Waals surface area contributed by atoms with Crippen molar-refractivity contribution in [2.45, 2.75) is 37.8 Å². The maximum Gasteiger partial charge on any atom is 0.160 e. The minimum atomic E-state index is -0.300. The summed E-state index contributed by atoms with van der Waals surface area (Å²) in [5.41, 5.74) is 8.53. The van der Waals surface area contributed by atoms with Gasteiger partial charge in [-0.1, -0.05) is 12.8 Å². The third kappa shape index (κ3) is 2.02. The summed E-state index contributed by atoms with van der Waals surface area (Å²) in [6.07, 6.45) is 3.76. The molecule has 1 fully saturated rings. The predicted molar refractivity (Wildman–Crippen MR) is 72.9 cm³/mol. The van der Waals surface area contributed by atoms with Gasteiger partial charge in [0.05, 0.1) is 23.5 Å². The van der Waals surface area contributed by atoms with Gasteiger partial charge >= 0.3 is 0 Å². The second-order valence-corrected chi connectivity index (χ2v) is 5.17. The number of fused-ring (bicyclic) bond motifs is 1. The molecule has 6 nitrogen and oxygen atoms in total. The van der Waals surface area contributed by atoms with Gasteiger partial charge in [0, 0.05) is 7.05 Å². The number of aromatic nitrogens is 2. The normalized spacial score (nSPS) is 23.7. The summed E-state index contributed by atoms with van der Waals surface area (Å²) in [5.74, 6) is 0. The maximum absolute atomic E-state index is 10.2. The van der Waals surface area contributed by atoms with Crippen LogP contribution in [0, 0.1) is 0 Å². The minimum absolute atomic E-state index is 0.109. The van der Waals surface area contributed by atoms with E-state index in [0.717, 1.165) is 31.4 Å². The van der Waals surface area contributed by atoms with Crippen LogP contribution >= 0.6 is 0 Å². The summed E-state index contributed by atoms with van der Waals surface area (Å²) in [7, 11) is 1.97. The van der Waals surface area contributed by atoms with E-state index < -0.39 is 0 Å². The van der Waals surface area contributed by atoms with Crippen LogP contribution in [0.5, 0.6) is 0 Å². The fourth-order valence-corrected chi connectivity index (χ4v) is 2.88. The van der Waals surface area contributed by atoms with Crippen LogP contribution in [0.4, 0.5) is 11.4 Å². The lowest BCUT2D eigenvalue weighted by molar-refractivity contribution is 0.106. The molecule has 19 heavy (non-hydrogen) atoms. The summed E-state index contributed by atoms with van der Waals surface area (Å²) < 4.78 is 4.78. The third-order valence-corrected chi connectivity index (χ3v) is 4.00. The van der Waals surface area contributed by atoms with E-state index in [-0.39, 0.29) is 12.1 Å². The molecule has 0 spiro atoms. The van der Waals surface area contributed by atoms with Crippen LogP contribution in [0.25, 0.3) is 11.0 Å². The molecule has 0 radical (unpaired) electrons. The van der Waals surface area contributed by atoms with E-state index in [9.17, 15) is 5.11 Å². The molecule has 0 aliphatic heterocycles. The van der Waals surface area contributed by atoms with Gasteiger partial charge < -0.3 is 15.7 Å². The molecule has 3 N–H and O–H groups in total. The number of anilines is 2. The number of nitrogens with zero attached hydrogens (tertiary/aromatic N) is 3. The molecule has 2 unspecified atom stereocenters. The highest BCUT2D eigenvalue weighted by atomic mass is 16.6. The van der Waals surface area contributed by atoms with E-state index in [1.165, 1.54) is 0 Å². The smallest absolute Gasteiger partial charge is 0.160 e. The summed E-state index contributed by atoms with van der Waals surface area (Å²) in [6.45, 7) is 0. The number of hydrogen-bond acceptors (Lipinski definition) is 6. The molecule has 3 rings (SSSR count). The van der Waals surface area contributed by atoms with E-state index in [4.69, 9.17) is 10.4 Å². The average Bonchev–Trinajstić information content (AvgIpc) is 2.89. The van der Waals surface area contributed by atoms with Gasteiger partial charge in [0.2, 0.25) is 0 Å². The van der Waals surface area contributed by atoms with Crippen LogP contribution < -0.4 is 10.6 Å². The third-order valence-electron chi connectivity index (χ3n) is 4.00. The second kappa shape index (κ2) is 4.70. The minimum Gasteiger partial charge on any atom is -0.397 e. The zero-order chi connectivity index (χ0) is 13.4. The predicted octanol–water partition coefficient (Wildman–Crippen LogP) is 1.54. The number of rotatable bonds is 2. The number of nitrogen functional groups attached to an aromatic ring is 1. The van der Waals surface area contributed by atoms with Crippen LogP contribution in [0.3, 0.4) is 0 Å². The first kappa shape index (κ1) is 12.2. The molecule has 1 aromatic heterocycles. The van der Waals surface area contributed by atoms with Gasteiger partial charge in [-0.25, -0.2) is 4.63 Å². The summed E-state index contributed by atoms with van der Waals surface area (Å²) in [6, 6.07) is 3.81. The summed E-state index contributed by atoms with van der Waals surface area (Å²) in [4.78, 5) is 2.07. The van der Waals surface area contributed by atoms with Crippen molar-refractivity contribution in [1.82, 2.24) is 10.3 Å². The molecule has 1 aliphatic rings. The molecule has 6 heteroatoms. The molecule has 102 valence electrons. The SMILES string of the molecule is CN(c1ccc(N)c2nonc12)C1CCCCC1O. The van der Waals surface area contributed by atoms with E-state index in [2.05, 4.69) is 15.2 Å². The number of likely N-dealkylation sites (N-methyl/N-ethyl adjacent to an activating group) is 1. The van der Waals surface area contributed by atoms with Crippen LogP contribution in [0.15, 0.2) is 16.8 Å². The highest BCUT2D eigenvalue weighted by Gasteiger charge is 2.28. The Morgan fingerprint density at radius 3 is 2.79 bits per heavy atom. The number of hydrogen-bond donors (Lipinski definition) is 2. The molecule has 0 saturated heterocycles. The molecule has 1 saturated carbocycles. The number of benzene rings is 1. The Kier molecular flexibility index (Phi) is 3.02. The van der Waals surface area contributed by atoms with Gasteiger partial charge in [0.15, 0.2) is 11.0 Å². The number of aliphatic hydroxyl groups excluding tert-OH is 1. The number of aliphatic hydroxyl groups is 1. The molecule has 0 amide bonds. The molecule has 2 atom stereocenters. The first-order chi connectivity index (χ1) is 9.18. The van der Waals surface area contributed by atoms with Crippen molar-refractivity contribution in [3.63, 3.8) is 0 Å². The molecule has 0 bridgehead atoms. The summed E-state index contributed by atoms with van der Waals surface area (Å²) >= 11 is 0. The highest BCUT2D eigenvalue weighted by molar-refractivity contribution is 5.95. The van der Waals surface area contributed by atoms with Crippen molar-refractivity contribution >= 4 is 22.4 Å². The summed E-state index contributed by atoms with van der Waals surface area (Å²) in [5, 5.41) is 17.9. The Balaban J connectivity index is 1.99. The average molecular weight is 262 g/mol. The van der Waals surface area contributed by atoms with E-state index in [0.29, 0.717) is 16.7 Å². The van der Waals surface area contributed by atoms with Crippen LogP contribution in [-0.2, 0) is 0 Å². The van der Waals surface area contributed by atoms with E-state index in [1.54, 1.807) is 6.07 Å². The van der Waals surface area contributed by atoms with Gasteiger partial charge in [0.1, 0.15) is 0 Å². The van der Waals surface area contributed by atoms with Crippen molar-refractivity contribution in [2.75, 3.05) is 17.7 Å². The van der Waals surface area contributed by atoms with Crippen molar-refractivity contribution in [2.24, 2.45) is 0 Å². The lowest BCUT2D eigenvalue weighted by Gasteiger charge is -2.36. The maximum atomic E-state index is 10.2. The van der Waals surface area contributed by atoms with Gasteiger partial charge in [0.25, 0.3) is 0 Å². The molecule has 2 aromatic rings. The van der Waals surface area contributed by atoms with Gasteiger partial charge in [-0.15, -0.1) is 0 Å². The Labute approximate surface area is 111 Å². The molecule has 1 aromatic carbocycles. The molecule has 1 heterocycles. The zero-order valence-electron chi connectivity index (χ0n) is 10.9. The molecular formula is C13H18N4O2. The Morgan fingerprint density at radius 2 is 2.00 bits per heavy atom. The fourth-order valence-electron chi connectivity index (χ4n) is 2.88. The van der Waals surface area contributed by atoms with Crippen molar-refractivity contribution in [1.29, 1.82) is 0 Å². The molecule has 1 aliphatic carbocycles. The standard InChI is InChI=1S/C13H18N4O2/c1-17(9-4-2-3-5-11(9)18)10-7-6-8(14)12-13(10)16-19-15-12/h6-7,9,11,18H,2-5,14H2,1H3. The van der Waals surface area contributed by atoms with E-state index in [1.807, 2.05) is 13.1 Å². The van der Waals surface area contributed by atoms with Crippen molar-refractivity contribution < 1.29 is 9.74 Å². The lowest BCUT2D eigenvalue weighted by Crippen LogP contribution is -2.43. The van der Waals surface area contributed by atoms with Gasteiger partial charge in [-0.2, -0.15) is 0 Å². The van der Waals surface area contributed by atoms with Gasteiger partial charge in [-0.05, 0) is 35.3 Å². The number of nitrogens with two attached hydrogens (primary N) is 1. The van der Waals surface area contributed by atoms with Crippen LogP contribution in [0.1, 0.15) is 25.7 Å². The highest BCUT2D eigenvalue weighted by Crippen LogP contribution is 2.32. The fraction of sp³-hybridized carbons (Fsp3) is 0.538. The quantitative estimate of drug-likeness (QED) is 0.798. The Hall–Kier alpha value is -1.82. The van der Waals surface area contributed by atoms with E-state index >= 15 is 0 Å². The second-order valence-electron chi connectivity index (χ2n) is 5.17. The monoisotopic (exact) mass is 262 g/mol.